The van der Waals surface area contributed by atoms with Crippen molar-refractivity contribution in [2.75, 3.05) is 13.2 Å². The summed E-state index contributed by atoms with van der Waals surface area (Å²) in [7, 11) is 0. The summed E-state index contributed by atoms with van der Waals surface area (Å²) in [5.74, 6) is 1.24. The molecule has 2 aromatic rings. The van der Waals surface area contributed by atoms with E-state index in [4.69, 9.17) is 21.1 Å². The van der Waals surface area contributed by atoms with E-state index >= 15 is 0 Å². The number of alkyl halides is 1. The van der Waals surface area contributed by atoms with Crippen LogP contribution in [0.3, 0.4) is 0 Å². The average molecular weight is 360 g/mol. The van der Waals surface area contributed by atoms with Crippen LogP contribution in [-0.4, -0.2) is 13.2 Å². The number of rotatable bonds is 6. The molecule has 0 heterocycles. The van der Waals surface area contributed by atoms with Crippen LogP contribution in [0.5, 0.6) is 11.5 Å². The smallest absolute Gasteiger partial charge is 0.124 e. The fourth-order valence-electron chi connectivity index (χ4n) is 1.64. The van der Waals surface area contributed by atoms with Gasteiger partial charge < -0.3 is 9.47 Å². The van der Waals surface area contributed by atoms with E-state index in [9.17, 15) is 4.39 Å². The second-order valence-electron chi connectivity index (χ2n) is 4.04. The zero-order valence-electron chi connectivity index (χ0n) is 10.6. The lowest BCUT2D eigenvalue weighted by atomic mass is 10.2. The topological polar surface area (TPSA) is 18.5 Å². The predicted octanol–water partition coefficient (Wildman–Crippen LogP) is 4.78. The number of benzene rings is 2. The van der Waals surface area contributed by atoms with Crippen LogP contribution in [0.15, 0.2) is 46.9 Å². The second kappa shape index (κ2) is 7.50. The maximum Gasteiger partial charge on any atom is 0.124 e. The third-order valence-corrected chi connectivity index (χ3v) is 3.41. The van der Waals surface area contributed by atoms with Gasteiger partial charge in [0.2, 0.25) is 0 Å². The van der Waals surface area contributed by atoms with E-state index in [1.54, 1.807) is 6.07 Å². The highest BCUT2D eigenvalue weighted by molar-refractivity contribution is 9.10. The minimum absolute atomic E-state index is 0.209. The standard InChI is InChI=1S/C15H13BrClFO2/c16-12-1-4-14(5-2-12)19-7-8-20-15-6-3-13(18)9-11(15)10-17/h1-6,9H,7-8,10H2. The Balaban J connectivity index is 1.82. The zero-order valence-corrected chi connectivity index (χ0v) is 13.0. The van der Waals surface area contributed by atoms with Gasteiger partial charge in [0, 0.05) is 10.0 Å². The second-order valence-corrected chi connectivity index (χ2v) is 5.22. The molecule has 0 N–H and O–H groups in total. The predicted molar refractivity (Wildman–Crippen MR) is 81.1 cm³/mol. The van der Waals surface area contributed by atoms with Crippen LogP contribution in [0.25, 0.3) is 0 Å². The van der Waals surface area contributed by atoms with Crippen LogP contribution in [0.1, 0.15) is 5.56 Å². The molecule has 2 nitrogen and oxygen atoms in total. The fraction of sp³-hybridized carbons (Fsp3) is 0.200. The van der Waals surface area contributed by atoms with Crippen molar-refractivity contribution in [3.8, 4) is 11.5 Å². The largest absolute Gasteiger partial charge is 0.490 e. The molecule has 106 valence electrons. The number of ether oxygens (including phenoxy) is 2. The van der Waals surface area contributed by atoms with Gasteiger partial charge in [-0.15, -0.1) is 11.6 Å². The van der Waals surface area contributed by atoms with Gasteiger partial charge in [0.15, 0.2) is 0 Å². The van der Waals surface area contributed by atoms with E-state index in [2.05, 4.69) is 15.9 Å². The summed E-state index contributed by atoms with van der Waals surface area (Å²) in [6.45, 7) is 0.770. The van der Waals surface area contributed by atoms with Crippen LogP contribution in [0.2, 0.25) is 0 Å². The summed E-state index contributed by atoms with van der Waals surface area (Å²) in [6, 6.07) is 11.8. The zero-order chi connectivity index (χ0) is 14.4. The summed E-state index contributed by atoms with van der Waals surface area (Å²) in [5.41, 5.74) is 0.635. The third kappa shape index (κ3) is 4.39. The molecule has 5 heteroatoms. The quantitative estimate of drug-likeness (QED) is 0.545. The molecular formula is C15H13BrClFO2. The molecule has 0 saturated carbocycles. The Hall–Kier alpha value is -1.26. The lowest BCUT2D eigenvalue weighted by Gasteiger charge is -2.11. The van der Waals surface area contributed by atoms with Crippen LogP contribution in [0.4, 0.5) is 4.39 Å². The highest BCUT2D eigenvalue weighted by atomic mass is 79.9. The van der Waals surface area contributed by atoms with Gasteiger partial charge in [0.25, 0.3) is 0 Å². The highest BCUT2D eigenvalue weighted by Crippen LogP contribution is 2.21. The Labute approximate surface area is 130 Å². The van der Waals surface area contributed by atoms with Gasteiger partial charge in [-0.05, 0) is 42.5 Å². The van der Waals surface area contributed by atoms with Crippen molar-refractivity contribution in [3.63, 3.8) is 0 Å². The summed E-state index contributed by atoms with van der Waals surface area (Å²) < 4.78 is 25.1. The fourth-order valence-corrected chi connectivity index (χ4v) is 2.11. The van der Waals surface area contributed by atoms with E-state index in [1.807, 2.05) is 24.3 Å². The van der Waals surface area contributed by atoms with E-state index in [1.165, 1.54) is 12.1 Å². The number of hydrogen-bond donors (Lipinski definition) is 0. The first kappa shape index (κ1) is 15.1. The van der Waals surface area contributed by atoms with Crippen molar-refractivity contribution in [1.82, 2.24) is 0 Å². The van der Waals surface area contributed by atoms with E-state index < -0.39 is 0 Å². The molecule has 0 atom stereocenters. The minimum Gasteiger partial charge on any atom is -0.490 e. The van der Waals surface area contributed by atoms with Crippen molar-refractivity contribution >= 4 is 27.5 Å². The maximum atomic E-state index is 13.0. The molecule has 0 amide bonds. The SMILES string of the molecule is Fc1ccc(OCCOc2ccc(Br)cc2)c(CCl)c1. The van der Waals surface area contributed by atoms with Gasteiger partial charge in [-0.25, -0.2) is 4.39 Å². The normalized spacial score (nSPS) is 10.3. The molecule has 0 aliphatic heterocycles. The average Bonchev–Trinajstić information content (AvgIpc) is 2.46. The Morgan fingerprint density at radius 2 is 1.70 bits per heavy atom. The molecular weight excluding hydrogens is 347 g/mol. The van der Waals surface area contributed by atoms with Gasteiger partial charge in [-0.1, -0.05) is 15.9 Å². The Morgan fingerprint density at radius 3 is 2.40 bits per heavy atom. The van der Waals surface area contributed by atoms with Crippen molar-refractivity contribution in [3.05, 3.63) is 58.3 Å². The molecule has 0 aliphatic carbocycles. The molecule has 0 radical (unpaired) electrons. The molecule has 0 aliphatic rings. The van der Waals surface area contributed by atoms with Crippen molar-refractivity contribution < 1.29 is 13.9 Å². The minimum atomic E-state index is -0.320. The summed E-state index contributed by atoms with van der Waals surface area (Å²) in [4.78, 5) is 0. The van der Waals surface area contributed by atoms with Crippen molar-refractivity contribution in [2.45, 2.75) is 5.88 Å². The Kier molecular flexibility index (Phi) is 5.68. The van der Waals surface area contributed by atoms with Crippen LogP contribution in [-0.2, 0) is 5.88 Å². The molecule has 20 heavy (non-hydrogen) atoms. The molecule has 0 bridgehead atoms. The van der Waals surface area contributed by atoms with Gasteiger partial charge in [0.1, 0.15) is 30.5 Å². The van der Waals surface area contributed by atoms with Gasteiger partial charge in [-0.3, -0.25) is 0 Å². The lowest BCUT2D eigenvalue weighted by molar-refractivity contribution is 0.216. The molecule has 0 fully saturated rings. The Bertz CT molecular complexity index is 560. The molecule has 0 aromatic heterocycles. The third-order valence-electron chi connectivity index (χ3n) is 2.59. The molecule has 2 aromatic carbocycles. The Morgan fingerprint density at radius 1 is 1.00 bits per heavy atom. The summed E-state index contributed by atoms with van der Waals surface area (Å²) in [5, 5.41) is 0. The van der Waals surface area contributed by atoms with Crippen molar-refractivity contribution in [1.29, 1.82) is 0 Å². The summed E-state index contributed by atoms with van der Waals surface area (Å²) in [6.07, 6.45) is 0. The van der Waals surface area contributed by atoms with E-state index in [0.717, 1.165) is 10.2 Å². The van der Waals surface area contributed by atoms with Crippen molar-refractivity contribution in [2.24, 2.45) is 0 Å². The monoisotopic (exact) mass is 358 g/mol. The molecule has 0 saturated heterocycles. The molecule has 0 unspecified atom stereocenters. The number of halogens is 3. The van der Waals surface area contributed by atoms with Gasteiger partial charge >= 0.3 is 0 Å². The molecule has 2 rings (SSSR count). The molecule has 0 spiro atoms. The van der Waals surface area contributed by atoms with Crippen LogP contribution < -0.4 is 9.47 Å². The first-order valence-corrected chi connectivity index (χ1v) is 7.37. The first-order chi connectivity index (χ1) is 9.69. The van der Waals surface area contributed by atoms with Crippen LogP contribution in [0, 0.1) is 5.82 Å². The van der Waals surface area contributed by atoms with Gasteiger partial charge in [0.05, 0.1) is 5.88 Å². The van der Waals surface area contributed by atoms with Crippen LogP contribution >= 0.6 is 27.5 Å². The lowest BCUT2D eigenvalue weighted by Crippen LogP contribution is -2.09. The van der Waals surface area contributed by atoms with E-state index in [0.29, 0.717) is 24.5 Å². The highest BCUT2D eigenvalue weighted by Gasteiger charge is 2.04. The first-order valence-electron chi connectivity index (χ1n) is 6.04. The van der Waals surface area contributed by atoms with Gasteiger partial charge in [-0.2, -0.15) is 0 Å². The van der Waals surface area contributed by atoms with E-state index in [-0.39, 0.29) is 11.7 Å². The number of hydrogen-bond acceptors (Lipinski definition) is 2. The summed E-state index contributed by atoms with van der Waals surface area (Å²) >= 11 is 9.10. The maximum absolute atomic E-state index is 13.0.